The van der Waals surface area contributed by atoms with Crippen LogP contribution in [0.2, 0.25) is 0 Å². The first-order valence-corrected chi connectivity index (χ1v) is 8.77. The number of benzene rings is 2. The molecular formula is C21H21N3O2. The van der Waals surface area contributed by atoms with Gasteiger partial charge >= 0.3 is 0 Å². The van der Waals surface area contributed by atoms with Gasteiger partial charge in [0.1, 0.15) is 0 Å². The molecule has 0 bridgehead atoms. The summed E-state index contributed by atoms with van der Waals surface area (Å²) in [5, 5.41) is 11.6. The molecule has 0 aliphatic carbocycles. The van der Waals surface area contributed by atoms with Crippen LogP contribution in [-0.2, 0) is 0 Å². The third-order valence-electron chi connectivity index (χ3n) is 4.74. The monoisotopic (exact) mass is 347 g/mol. The van der Waals surface area contributed by atoms with Crippen LogP contribution in [0.4, 0.5) is 5.69 Å². The molecule has 26 heavy (non-hydrogen) atoms. The second-order valence-electron chi connectivity index (χ2n) is 6.70. The minimum atomic E-state index is -0.250. The van der Waals surface area contributed by atoms with E-state index in [2.05, 4.69) is 12.2 Å². The van der Waals surface area contributed by atoms with E-state index in [-0.39, 0.29) is 11.8 Å². The molecule has 3 rings (SSSR count). The largest absolute Gasteiger partial charge is 0.339 e. The number of rotatable bonds is 3. The van der Waals surface area contributed by atoms with Crippen molar-refractivity contribution < 1.29 is 9.59 Å². The molecular weight excluding hydrogens is 326 g/mol. The van der Waals surface area contributed by atoms with Gasteiger partial charge in [-0.15, -0.1) is 0 Å². The van der Waals surface area contributed by atoms with Crippen molar-refractivity contribution in [3.8, 4) is 6.07 Å². The predicted molar refractivity (Wildman–Crippen MR) is 99.9 cm³/mol. The Morgan fingerprint density at radius 3 is 2.15 bits per heavy atom. The number of amides is 2. The number of carbonyl (C=O) groups is 2. The molecule has 2 aromatic rings. The molecule has 1 fully saturated rings. The first-order chi connectivity index (χ1) is 12.6. The number of hydrogen-bond donors (Lipinski definition) is 1. The predicted octanol–water partition coefficient (Wildman–Crippen LogP) is 3.68. The fourth-order valence-corrected chi connectivity index (χ4v) is 2.99. The van der Waals surface area contributed by atoms with Crippen molar-refractivity contribution in [2.24, 2.45) is 5.92 Å². The van der Waals surface area contributed by atoms with Crippen molar-refractivity contribution in [1.29, 1.82) is 5.26 Å². The smallest absolute Gasteiger partial charge is 0.255 e. The number of carbonyl (C=O) groups excluding carboxylic acids is 2. The molecule has 0 atom stereocenters. The van der Waals surface area contributed by atoms with E-state index >= 15 is 0 Å². The lowest BCUT2D eigenvalue weighted by molar-refractivity contribution is 0.0697. The van der Waals surface area contributed by atoms with Crippen LogP contribution in [0.3, 0.4) is 0 Å². The Hall–Kier alpha value is -3.13. The second-order valence-corrected chi connectivity index (χ2v) is 6.70. The fourth-order valence-electron chi connectivity index (χ4n) is 2.99. The zero-order chi connectivity index (χ0) is 18.5. The van der Waals surface area contributed by atoms with Crippen LogP contribution in [0.25, 0.3) is 0 Å². The molecule has 1 aliphatic rings. The normalized spacial score (nSPS) is 14.5. The molecule has 5 nitrogen and oxygen atoms in total. The van der Waals surface area contributed by atoms with Gasteiger partial charge in [-0.2, -0.15) is 5.26 Å². The van der Waals surface area contributed by atoms with Crippen LogP contribution >= 0.6 is 0 Å². The quantitative estimate of drug-likeness (QED) is 0.920. The van der Waals surface area contributed by atoms with E-state index < -0.39 is 0 Å². The van der Waals surface area contributed by atoms with Gasteiger partial charge in [-0.25, -0.2) is 0 Å². The molecule has 0 spiro atoms. The van der Waals surface area contributed by atoms with Crippen LogP contribution < -0.4 is 5.32 Å². The lowest BCUT2D eigenvalue weighted by Crippen LogP contribution is -2.37. The van der Waals surface area contributed by atoms with E-state index in [9.17, 15) is 9.59 Å². The topological polar surface area (TPSA) is 73.2 Å². The van der Waals surface area contributed by atoms with Gasteiger partial charge in [-0.3, -0.25) is 9.59 Å². The number of anilines is 1. The lowest BCUT2D eigenvalue weighted by Gasteiger charge is -2.30. The van der Waals surface area contributed by atoms with E-state index in [1.807, 2.05) is 11.0 Å². The minimum Gasteiger partial charge on any atom is -0.339 e. The third-order valence-corrected chi connectivity index (χ3v) is 4.74. The molecule has 1 heterocycles. The highest BCUT2D eigenvalue weighted by Gasteiger charge is 2.21. The number of nitriles is 1. The molecule has 2 amide bonds. The molecule has 2 aromatic carbocycles. The van der Waals surface area contributed by atoms with Gasteiger partial charge in [-0.05, 0) is 67.3 Å². The molecule has 0 aromatic heterocycles. The van der Waals surface area contributed by atoms with Crippen molar-refractivity contribution >= 4 is 17.5 Å². The van der Waals surface area contributed by atoms with Crippen molar-refractivity contribution in [3.63, 3.8) is 0 Å². The van der Waals surface area contributed by atoms with Crippen LogP contribution in [0, 0.1) is 17.2 Å². The second kappa shape index (κ2) is 7.83. The van der Waals surface area contributed by atoms with Gasteiger partial charge in [0.15, 0.2) is 0 Å². The maximum absolute atomic E-state index is 12.5. The first kappa shape index (κ1) is 17.7. The third kappa shape index (κ3) is 4.09. The highest BCUT2D eigenvalue weighted by molar-refractivity contribution is 6.05. The van der Waals surface area contributed by atoms with E-state index in [0.29, 0.717) is 28.3 Å². The van der Waals surface area contributed by atoms with Crippen molar-refractivity contribution in [2.75, 3.05) is 18.4 Å². The summed E-state index contributed by atoms with van der Waals surface area (Å²) in [6, 6.07) is 15.4. The van der Waals surface area contributed by atoms with Crippen LogP contribution in [0.1, 0.15) is 46.0 Å². The molecule has 1 N–H and O–H groups in total. The summed E-state index contributed by atoms with van der Waals surface area (Å²) in [5.41, 5.74) is 2.25. The van der Waals surface area contributed by atoms with Crippen LogP contribution in [0.5, 0.6) is 0 Å². The number of nitrogens with zero attached hydrogens (tertiary/aromatic N) is 2. The Morgan fingerprint density at radius 1 is 1.00 bits per heavy atom. The summed E-state index contributed by atoms with van der Waals surface area (Å²) < 4.78 is 0. The Balaban J connectivity index is 1.63. The van der Waals surface area contributed by atoms with Crippen molar-refractivity contribution in [1.82, 2.24) is 4.90 Å². The molecule has 5 heteroatoms. The number of nitrogens with one attached hydrogen (secondary N) is 1. The SMILES string of the molecule is CC1CCN(C(=O)c2ccc(C(=O)Nc3ccc(C#N)cc3)cc2)CC1. The van der Waals surface area contributed by atoms with E-state index in [4.69, 9.17) is 5.26 Å². The summed E-state index contributed by atoms with van der Waals surface area (Å²) in [5.74, 6) is 0.448. The molecule has 0 unspecified atom stereocenters. The molecule has 1 saturated heterocycles. The van der Waals surface area contributed by atoms with Crippen molar-refractivity contribution in [2.45, 2.75) is 19.8 Å². The highest BCUT2D eigenvalue weighted by atomic mass is 16.2. The highest BCUT2D eigenvalue weighted by Crippen LogP contribution is 2.19. The molecule has 1 aliphatic heterocycles. The average Bonchev–Trinajstić information content (AvgIpc) is 2.69. The van der Waals surface area contributed by atoms with Gasteiger partial charge in [0.2, 0.25) is 0 Å². The standard InChI is InChI=1S/C21H21N3O2/c1-15-10-12-24(13-11-15)21(26)18-6-4-17(5-7-18)20(25)23-19-8-2-16(14-22)3-9-19/h2-9,15H,10-13H2,1H3,(H,23,25). The Bertz CT molecular complexity index is 827. The average molecular weight is 347 g/mol. The maximum atomic E-state index is 12.5. The van der Waals surface area contributed by atoms with Crippen molar-refractivity contribution in [3.05, 3.63) is 65.2 Å². The fraction of sp³-hybridized carbons (Fsp3) is 0.286. The molecule has 0 saturated carbocycles. The van der Waals surface area contributed by atoms with Crippen LogP contribution in [-0.4, -0.2) is 29.8 Å². The zero-order valence-corrected chi connectivity index (χ0v) is 14.7. The first-order valence-electron chi connectivity index (χ1n) is 8.77. The Labute approximate surface area is 153 Å². The van der Waals surface area contributed by atoms with E-state index in [1.165, 1.54) is 0 Å². The van der Waals surface area contributed by atoms with Crippen LogP contribution in [0.15, 0.2) is 48.5 Å². The minimum absolute atomic E-state index is 0.0240. The summed E-state index contributed by atoms with van der Waals surface area (Å²) in [6.07, 6.45) is 2.08. The Kier molecular flexibility index (Phi) is 5.33. The summed E-state index contributed by atoms with van der Waals surface area (Å²) >= 11 is 0. The number of likely N-dealkylation sites (tertiary alicyclic amines) is 1. The van der Waals surface area contributed by atoms with Gasteiger partial charge < -0.3 is 10.2 Å². The van der Waals surface area contributed by atoms with Gasteiger partial charge in [0.25, 0.3) is 11.8 Å². The summed E-state index contributed by atoms with van der Waals surface area (Å²) in [4.78, 5) is 26.7. The molecule has 0 radical (unpaired) electrons. The van der Waals surface area contributed by atoms with E-state index in [1.54, 1.807) is 48.5 Å². The maximum Gasteiger partial charge on any atom is 0.255 e. The van der Waals surface area contributed by atoms with Gasteiger partial charge in [0, 0.05) is 29.9 Å². The summed E-state index contributed by atoms with van der Waals surface area (Å²) in [7, 11) is 0. The summed E-state index contributed by atoms with van der Waals surface area (Å²) in [6.45, 7) is 3.80. The van der Waals surface area contributed by atoms with E-state index in [0.717, 1.165) is 25.9 Å². The lowest BCUT2D eigenvalue weighted by atomic mass is 9.98. The number of piperidine rings is 1. The molecule has 132 valence electrons. The Morgan fingerprint density at radius 2 is 1.58 bits per heavy atom. The number of hydrogen-bond acceptors (Lipinski definition) is 3. The zero-order valence-electron chi connectivity index (χ0n) is 14.7. The van der Waals surface area contributed by atoms with Gasteiger partial charge in [-0.1, -0.05) is 6.92 Å². The van der Waals surface area contributed by atoms with Gasteiger partial charge in [0.05, 0.1) is 11.6 Å².